The van der Waals surface area contributed by atoms with Crippen LogP contribution in [-0.2, 0) is 5.33 Å². The lowest BCUT2D eigenvalue weighted by molar-refractivity contribution is -0.384. The Morgan fingerprint density at radius 3 is 2.56 bits per heavy atom. The summed E-state index contributed by atoms with van der Waals surface area (Å²) < 4.78 is 0. The van der Waals surface area contributed by atoms with Gasteiger partial charge in [0.05, 0.1) is 4.92 Å². The van der Waals surface area contributed by atoms with E-state index in [-0.39, 0.29) is 10.6 Å². The first kappa shape index (κ1) is 15.0. The average Bonchev–Trinajstić information content (AvgIpc) is 2.34. The van der Waals surface area contributed by atoms with Gasteiger partial charge in [0.2, 0.25) is 0 Å². The van der Waals surface area contributed by atoms with Crippen molar-refractivity contribution in [2.24, 2.45) is 5.92 Å². The zero-order valence-electron chi connectivity index (χ0n) is 11.0. The minimum Gasteiger partial charge on any atom is -0.371 e. The van der Waals surface area contributed by atoms with Crippen molar-refractivity contribution in [3.05, 3.63) is 33.9 Å². The SMILES string of the molecule is CCN(CC(C)C)c1ccc([N+](=O)[O-])cc1CBr. The van der Waals surface area contributed by atoms with Crippen molar-refractivity contribution >= 4 is 27.3 Å². The highest BCUT2D eigenvalue weighted by Gasteiger charge is 2.14. The predicted molar refractivity (Wildman–Crippen MR) is 78.5 cm³/mol. The maximum Gasteiger partial charge on any atom is 0.269 e. The summed E-state index contributed by atoms with van der Waals surface area (Å²) in [5.74, 6) is 0.559. The lowest BCUT2D eigenvalue weighted by atomic mass is 10.1. The van der Waals surface area contributed by atoms with Crippen molar-refractivity contribution in [3.8, 4) is 0 Å². The molecule has 0 atom stereocenters. The number of hydrogen-bond donors (Lipinski definition) is 0. The summed E-state index contributed by atoms with van der Waals surface area (Å²) in [6.07, 6.45) is 0. The van der Waals surface area contributed by atoms with Gasteiger partial charge in [-0.25, -0.2) is 0 Å². The highest BCUT2D eigenvalue weighted by Crippen LogP contribution is 2.27. The molecule has 0 saturated carbocycles. The lowest BCUT2D eigenvalue weighted by Crippen LogP contribution is -2.28. The molecule has 0 aromatic heterocycles. The molecule has 0 amide bonds. The van der Waals surface area contributed by atoms with Crippen LogP contribution < -0.4 is 4.90 Å². The van der Waals surface area contributed by atoms with Crippen molar-refractivity contribution in [1.29, 1.82) is 0 Å². The van der Waals surface area contributed by atoms with Crippen LogP contribution in [0.25, 0.3) is 0 Å². The summed E-state index contributed by atoms with van der Waals surface area (Å²) in [7, 11) is 0. The fourth-order valence-corrected chi connectivity index (χ4v) is 2.39. The maximum atomic E-state index is 10.8. The van der Waals surface area contributed by atoms with E-state index in [2.05, 4.69) is 41.6 Å². The molecule has 0 radical (unpaired) electrons. The largest absolute Gasteiger partial charge is 0.371 e. The molecule has 0 N–H and O–H groups in total. The van der Waals surface area contributed by atoms with E-state index in [1.54, 1.807) is 12.1 Å². The van der Waals surface area contributed by atoms with Gasteiger partial charge in [-0.2, -0.15) is 0 Å². The van der Waals surface area contributed by atoms with E-state index >= 15 is 0 Å². The Kier molecular flexibility index (Phi) is 5.59. The Hall–Kier alpha value is -1.10. The van der Waals surface area contributed by atoms with E-state index in [1.165, 1.54) is 0 Å². The van der Waals surface area contributed by atoms with Gasteiger partial charge in [0, 0.05) is 36.2 Å². The molecule has 0 aliphatic heterocycles. The molecule has 0 saturated heterocycles. The third-order valence-corrected chi connectivity index (χ3v) is 3.33. The molecule has 1 rings (SSSR count). The number of nitro benzene ring substituents is 1. The summed E-state index contributed by atoms with van der Waals surface area (Å²) in [4.78, 5) is 12.7. The highest BCUT2D eigenvalue weighted by molar-refractivity contribution is 9.08. The van der Waals surface area contributed by atoms with Gasteiger partial charge in [-0.05, 0) is 24.5 Å². The highest BCUT2D eigenvalue weighted by atomic mass is 79.9. The molecule has 18 heavy (non-hydrogen) atoms. The molecule has 100 valence electrons. The van der Waals surface area contributed by atoms with Gasteiger partial charge >= 0.3 is 0 Å². The van der Waals surface area contributed by atoms with Crippen LogP contribution >= 0.6 is 15.9 Å². The molecule has 0 spiro atoms. The zero-order valence-corrected chi connectivity index (χ0v) is 12.6. The van der Waals surface area contributed by atoms with Crippen LogP contribution in [0.15, 0.2) is 18.2 Å². The fraction of sp³-hybridized carbons (Fsp3) is 0.538. The van der Waals surface area contributed by atoms with Crippen molar-refractivity contribution in [1.82, 2.24) is 0 Å². The molecular weight excluding hydrogens is 296 g/mol. The van der Waals surface area contributed by atoms with Gasteiger partial charge in [0.25, 0.3) is 5.69 Å². The third kappa shape index (κ3) is 3.70. The Morgan fingerprint density at radius 2 is 2.11 bits per heavy atom. The second-order valence-corrected chi connectivity index (χ2v) is 5.20. The second-order valence-electron chi connectivity index (χ2n) is 4.64. The molecule has 0 fully saturated rings. The summed E-state index contributed by atoms with van der Waals surface area (Å²) in [6.45, 7) is 8.29. The van der Waals surface area contributed by atoms with E-state index in [9.17, 15) is 10.1 Å². The quantitative estimate of drug-likeness (QED) is 0.453. The molecule has 4 nitrogen and oxygen atoms in total. The molecular formula is C13H19BrN2O2. The number of nitrogens with zero attached hydrogens (tertiary/aromatic N) is 2. The van der Waals surface area contributed by atoms with Gasteiger partial charge in [-0.3, -0.25) is 10.1 Å². The Labute approximate surface area is 116 Å². The second kappa shape index (κ2) is 6.73. The third-order valence-electron chi connectivity index (χ3n) is 2.73. The van der Waals surface area contributed by atoms with Gasteiger partial charge in [-0.1, -0.05) is 29.8 Å². The number of alkyl halides is 1. The molecule has 0 unspecified atom stereocenters. The van der Waals surface area contributed by atoms with Gasteiger partial charge in [-0.15, -0.1) is 0 Å². The lowest BCUT2D eigenvalue weighted by Gasteiger charge is -2.27. The Balaban J connectivity index is 3.10. The smallest absolute Gasteiger partial charge is 0.269 e. The minimum absolute atomic E-state index is 0.147. The van der Waals surface area contributed by atoms with Crippen LogP contribution in [0, 0.1) is 16.0 Å². The van der Waals surface area contributed by atoms with E-state index in [4.69, 9.17) is 0 Å². The molecule has 0 bridgehead atoms. The summed E-state index contributed by atoms with van der Waals surface area (Å²) >= 11 is 3.41. The first-order valence-electron chi connectivity index (χ1n) is 6.07. The number of anilines is 1. The minimum atomic E-state index is -0.353. The number of halogens is 1. The first-order chi connectivity index (χ1) is 8.49. The van der Waals surface area contributed by atoms with Crippen LogP contribution in [0.1, 0.15) is 26.3 Å². The number of benzene rings is 1. The fourth-order valence-electron chi connectivity index (χ4n) is 1.94. The van der Waals surface area contributed by atoms with Gasteiger partial charge in [0.1, 0.15) is 0 Å². The molecule has 0 aliphatic rings. The standard InChI is InChI=1S/C13H19BrN2O2/c1-4-15(9-10(2)3)13-6-5-12(16(17)18)7-11(13)8-14/h5-7,10H,4,8-9H2,1-3H3. The van der Waals surface area contributed by atoms with Crippen LogP contribution in [0.5, 0.6) is 0 Å². The normalized spacial score (nSPS) is 10.7. The van der Waals surface area contributed by atoms with Crippen molar-refractivity contribution in [2.45, 2.75) is 26.1 Å². The van der Waals surface area contributed by atoms with E-state index in [1.807, 2.05) is 6.07 Å². The van der Waals surface area contributed by atoms with Crippen LogP contribution in [0.4, 0.5) is 11.4 Å². The maximum absolute atomic E-state index is 10.8. The van der Waals surface area contributed by atoms with Gasteiger partial charge in [0.15, 0.2) is 0 Å². The van der Waals surface area contributed by atoms with E-state index < -0.39 is 0 Å². The Bertz CT molecular complexity index is 421. The number of rotatable bonds is 6. The van der Waals surface area contributed by atoms with Crippen LogP contribution in [0.2, 0.25) is 0 Å². The molecule has 0 heterocycles. The van der Waals surface area contributed by atoms with E-state index in [0.29, 0.717) is 11.2 Å². The summed E-state index contributed by atoms with van der Waals surface area (Å²) in [5, 5.41) is 11.4. The molecule has 1 aromatic carbocycles. The Morgan fingerprint density at radius 1 is 1.44 bits per heavy atom. The van der Waals surface area contributed by atoms with Crippen molar-refractivity contribution < 1.29 is 4.92 Å². The molecule has 5 heteroatoms. The summed E-state index contributed by atoms with van der Waals surface area (Å²) in [6, 6.07) is 5.07. The zero-order chi connectivity index (χ0) is 13.7. The van der Waals surface area contributed by atoms with Gasteiger partial charge < -0.3 is 4.90 Å². The number of non-ortho nitro benzene ring substituents is 1. The number of hydrogen-bond acceptors (Lipinski definition) is 3. The number of nitro groups is 1. The monoisotopic (exact) mass is 314 g/mol. The topological polar surface area (TPSA) is 46.4 Å². The first-order valence-corrected chi connectivity index (χ1v) is 7.20. The molecule has 0 aliphatic carbocycles. The van der Waals surface area contributed by atoms with Crippen molar-refractivity contribution in [2.75, 3.05) is 18.0 Å². The van der Waals surface area contributed by atoms with Crippen molar-refractivity contribution in [3.63, 3.8) is 0 Å². The van der Waals surface area contributed by atoms with Crippen LogP contribution in [-0.4, -0.2) is 18.0 Å². The molecule has 1 aromatic rings. The predicted octanol–water partition coefficient (Wildman–Crippen LogP) is 3.97. The average molecular weight is 315 g/mol. The van der Waals surface area contributed by atoms with E-state index in [0.717, 1.165) is 24.3 Å². The summed E-state index contributed by atoms with van der Waals surface area (Å²) in [5.41, 5.74) is 2.19. The van der Waals surface area contributed by atoms with Crippen LogP contribution in [0.3, 0.4) is 0 Å².